The van der Waals surface area contributed by atoms with E-state index in [0.717, 1.165) is 31.2 Å². The summed E-state index contributed by atoms with van der Waals surface area (Å²) in [5.41, 5.74) is 2.54. The van der Waals surface area contributed by atoms with Crippen LogP contribution in [0, 0.1) is 0 Å². The van der Waals surface area contributed by atoms with Crippen molar-refractivity contribution in [2.45, 2.75) is 38.5 Å². The molecule has 1 aromatic carbocycles. The van der Waals surface area contributed by atoms with Gasteiger partial charge in [0.05, 0.1) is 10.7 Å². The molecule has 4 heteroatoms. The van der Waals surface area contributed by atoms with Crippen molar-refractivity contribution in [1.82, 2.24) is 5.32 Å². The highest BCUT2D eigenvalue weighted by Gasteiger charge is 2.25. The summed E-state index contributed by atoms with van der Waals surface area (Å²) in [5, 5.41) is 4.29. The summed E-state index contributed by atoms with van der Waals surface area (Å²) in [6, 6.07) is 6.25. The number of halogens is 1. The molecule has 112 valence electrons. The minimum Gasteiger partial charge on any atom is -0.369 e. The lowest BCUT2D eigenvalue weighted by molar-refractivity contribution is 0.635. The summed E-state index contributed by atoms with van der Waals surface area (Å²) in [6.45, 7) is 10.9. The number of anilines is 1. The van der Waals surface area contributed by atoms with Crippen LogP contribution in [-0.4, -0.2) is 30.1 Å². The van der Waals surface area contributed by atoms with Gasteiger partial charge in [0.15, 0.2) is 0 Å². The summed E-state index contributed by atoms with van der Waals surface area (Å²) < 4.78 is 0.373. The Labute approximate surface area is 132 Å². The van der Waals surface area contributed by atoms with E-state index >= 15 is 0 Å². The lowest BCUT2D eigenvalue weighted by atomic mass is 10.1. The van der Waals surface area contributed by atoms with E-state index in [2.05, 4.69) is 54.9 Å². The van der Waals surface area contributed by atoms with Crippen LogP contribution in [-0.2, 0) is 6.54 Å². The van der Waals surface area contributed by atoms with Gasteiger partial charge in [0.1, 0.15) is 0 Å². The first-order chi connectivity index (χ1) is 9.53. The van der Waals surface area contributed by atoms with E-state index in [1.807, 2.05) is 6.07 Å². The fourth-order valence-corrected chi connectivity index (χ4v) is 3.97. The van der Waals surface area contributed by atoms with Crippen molar-refractivity contribution in [1.29, 1.82) is 0 Å². The smallest absolute Gasteiger partial charge is 0.0642 e. The molecule has 0 atom stereocenters. The van der Waals surface area contributed by atoms with E-state index in [1.54, 1.807) is 0 Å². The van der Waals surface area contributed by atoms with Crippen LogP contribution >= 0.6 is 23.4 Å². The Hall–Kier alpha value is -0.380. The van der Waals surface area contributed by atoms with Gasteiger partial charge in [-0.2, -0.15) is 11.8 Å². The highest BCUT2D eigenvalue weighted by molar-refractivity contribution is 8.00. The SMILES string of the molecule is CCNCc1cccc(Cl)c1N1CCSC(C)(C)CC1. The van der Waals surface area contributed by atoms with Crippen molar-refractivity contribution in [3.63, 3.8) is 0 Å². The van der Waals surface area contributed by atoms with Gasteiger partial charge in [0, 0.05) is 30.1 Å². The number of thioether (sulfide) groups is 1. The molecule has 0 aromatic heterocycles. The second-order valence-corrected chi connectivity index (χ2v) is 8.08. The average molecular weight is 313 g/mol. The lowest BCUT2D eigenvalue weighted by Gasteiger charge is -2.27. The number of rotatable bonds is 4. The second kappa shape index (κ2) is 7.06. The van der Waals surface area contributed by atoms with Crippen LogP contribution in [0.2, 0.25) is 5.02 Å². The minimum atomic E-state index is 0.373. The van der Waals surface area contributed by atoms with Gasteiger partial charge in [-0.15, -0.1) is 0 Å². The molecular formula is C16H25ClN2S. The lowest BCUT2D eigenvalue weighted by Crippen LogP contribution is -2.29. The van der Waals surface area contributed by atoms with Crippen LogP contribution in [0.1, 0.15) is 32.8 Å². The van der Waals surface area contributed by atoms with Crippen molar-refractivity contribution >= 4 is 29.1 Å². The summed E-state index contributed by atoms with van der Waals surface area (Å²) in [6.07, 6.45) is 1.20. The Bertz CT molecular complexity index is 448. The van der Waals surface area contributed by atoms with Gasteiger partial charge in [-0.3, -0.25) is 0 Å². The predicted octanol–water partition coefficient (Wildman–Crippen LogP) is 4.17. The van der Waals surface area contributed by atoms with Crippen LogP contribution in [0.3, 0.4) is 0 Å². The number of para-hydroxylation sites is 1. The van der Waals surface area contributed by atoms with Gasteiger partial charge < -0.3 is 10.2 Å². The largest absolute Gasteiger partial charge is 0.369 e. The summed E-state index contributed by atoms with van der Waals surface area (Å²) in [4.78, 5) is 2.47. The molecule has 0 unspecified atom stereocenters. The Kier molecular flexibility index (Phi) is 5.65. The number of nitrogens with zero attached hydrogens (tertiary/aromatic N) is 1. The molecule has 0 spiro atoms. The normalized spacial score (nSPS) is 18.9. The van der Waals surface area contributed by atoms with Crippen molar-refractivity contribution in [2.75, 3.05) is 30.3 Å². The first-order valence-electron chi connectivity index (χ1n) is 7.40. The third kappa shape index (κ3) is 4.06. The molecule has 1 heterocycles. The van der Waals surface area contributed by atoms with Crippen molar-refractivity contribution in [3.05, 3.63) is 28.8 Å². The van der Waals surface area contributed by atoms with Crippen LogP contribution in [0.5, 0.6) is 0 Å². The van der Waals surface area contributed by atoms with Gasteiger partial charge in [-0.1, -0.05) is 44.5 Å². The second-order valence-electron chi connectivity index (χ2n) is 5.87. The zero-order valence-corrected chi connectivity index (χ0v) is 14.3. The fourth-order valence-electron chi connectivity index (χ4n) is 2.56. The molecule has 1 N–H and O–H groups in total. The molecule has 20 heavy (non-hydrogen) atoms. The topological polar surface area (TPSA) is 15.3 Å². The van der Waals surface area contributed by atoms with E-state index in [4.69, 9.17) is 11.6 Å². The molecule has 1 aliphatic rings. The summed E-state index contributed by atoms with van der Waals surface area (Å²) >= 11 is 8.56. The summed E-state index contributed by atoms with van der Waals surface area (Å²) in [5.74, 6) is 1.17. The zero-order valence-electron chi connectivity index (χ0n) is 12.7. The van der Waals surface area contributed by atoms with Crippen LogP contribution in [0.25, 0.3) is 0 Å². The van der Waals surface area contributed by atoms with Crippen molar-refractivity contribution in [2.24, 2.45) is 0 Å². The molecule has 1 aromatic rings. The molecule has 1 fully saturated rings. The highest BCUT2D eigenvalue weighted by Crippen LogP contribution is 2.36. The maximum Gasteiger partial charge on any atom is 0.0642 e. The van der Waals surface area contributed by atoms with E-state index < -0.39 is 0 Å². The highest BCUT2D eigenvalue weighted by atomic mass is 35.5. The Morgan fingerprint density at radius 2 is 2.15 bits per heavy atom. The molecule has 0 radical (unpaired) electrons. The number of benzene rings is 1. The van der Waals surface area contributed by atoms with Crippen LogP contribution in [0.15, 0.2) is 18.2 Å². The van der Waals surface area contributed by atoms with Gasteiger partial charge in [0.2, 0.25) is 0 Å². The Morgan fingerprint density at radius 3 is 2.90 bits per heavy atom. The van der Waals surface area contributed by atoms with Crippen molar-refractivity contribution in [3.8, 4) is 0 Å². The molecule has 0 saturated carbocycles. The average Bonchev–Trinajstić information content (AvgIpc) is 2.57. The van der Waals surface area contributed by atoms with Crippen LogP contribution < -0.4 is 10.2 Å². The van der Waals surface area contributed by atoms with E-state index in [1.165, 1.54) is 23.4 Å². The first kappa shape index (κ1) is 16.0. The third-order valence-corrected chi connectivity index (χ3v) is 5.47. The molecule has 2 nitrogen and oxygen atoms in total. The Balaban J connectivity index is 2.22. The number of nitrogens with one attached hydrogen (secondary N) is 1. The van der Waals surface area contributed by atoms with Gasteiger partial charge in [-0.25, -0.2) is 0 Å². The maximum atomic E-state index is 6.49. The van der Waals surface area contributed by atoms with Crippen LogP contribution in [0.4, 0.5) is 5.69 Å². The number of hydrogen-bond donors (Lipinski definition) is 1. The van der Waals surface area contributed by atoms with Crippen molar-refractivity contribution < 1.29 is 0 Å². The minimum absolute atomic E-state index is 0.373. The predicted molar refractivity (Wildman–Crippen MR) is 92.2 cm³/mol. The molecule has 2 rings (SSSR count). The molecule has 0 amide bonds. The Morgan fingerprint density at radius 1 is 1.35 bits per heavy atom. The third-order valence-electron chi connectivity index (χ3n) is 3.79. The van der Waals surface area contributed by atoms with E-state index in [-0.39, 0.29) is 0 Å². The monoisotopic (exact) mass is 312 g/mol. The first-order valence-corrected chi connectivity index (χ1v) is 8.77. The van der Waals surface area contributed by atoms with Gasteiger partial charge in [0.25, 0.3) is 0 Å². The quantitative estimate of drug-likeness (QED) is 0.898. The molecule has 0 aliphatic carbocycles. The summed E-state index contributed by atoms with van der Waals surface area (Å²) in [7, 11) is 0. The van der Waals surface area contributed by atoms with Gasteiger partial charge in [-0.05, 0) is 24.6 Å². The molecular weight excluding hydrogens is 288 g/mol. The molecule has 1 saturated heterocycles. The fraction of sp³-hybridized carbons (Fsp3) is 0.625. The zero-order chi connectivity index (χ0) is 14.6. The number of hydrogen-bond acceptors (Lipinski definition) is 3. The standard InChI is InChI=1S/C16H25ClN2S/c1-4-18-12-13-6-5-7-14(17)15(13)19-9-8-16(2,3)20-11-10-19/h5-7,18H,4,8-12H2,1-3H3. The van der Waals surface area contributed by atoms with E-state index in [9.17, 15) is 0 Å². The van der Waals surface area contributed by atoms with Gasteiger partial charge >= 0.3 is 0 Å². The maximum absolute atomic E-state index is 6.49. The molecule has 1 aliphatic heterocycles. The van der Waals surface area contributed by atoms with E-state index in [0.29, 0.717) is 4.75 Å². The molecule has 0 bridgehead atoms.